The van der Waals surface area contributed by atoms with Crippen molar-refractivity contribution in [1.82, 2.24) is 24.3 Å². The van der Waals surface area contributed by atoms with E-state index in [1.54, 1.807) is 15.6 Å². The average Bonchev–Trinajstić information content (AvgIpc) is 2.85. The van der Waals surface area contributed by atoms with Gasteiger partial charge in [-0.25, -0.2) is 24.3 Å². The van der Waals surface area contributed by atoms with Gasteiger partial charge in [0.05, 0.1) is 0 Å². The highest BCUT2D eigenvalue weighted by Gasteiger charge is 2.20. The van der Waals surface area contributed by atoms with Crippen LogP contribution in [-0.4, -0.2) is 30.6 Å². The molecule has 0 saturated heterocycles. The molecule has 0 saturated carbocycles. The molecule has 126 valence electrons. The van der Waals surface area contributed by atoms with Gasteiger partial charge in [0.15, 0.2) is 16.6 Å². The van der Waals surface area contributed by atoms with Gasteiger partial charge in [-0.15, -0.1) is 0 Å². The van der Waals surface area contributed by atoms with Gasteiger partial charge in [-0.2, -0.15) is 0 Å². The minimum Gasteiger partial charge on any atom is -0.267 e. The third kappa shape index (κ3) is 2.73. The van der Waals surface area contributed by atoms with Crippen LogP contribution >= 0.6 is 11.8 Å². The van der Waals surface area contributed by atoms with Gasteiger partial charge in [-0.1, -0.05) is 38.6 Å². The molecule has 24 heavy (non-hydrogen) atoms. The van der Waals surface area contributed by atoms with Crippen molar-refractivity contribution in [3.63, 3.8) is 0 Å². The molecular weight excluding hydrogens is 322 g/mol. The summed E-state index contributed by atoms with van der Waals surface area (Å²) in [5.74, 6) is 0.696. The van der Waals surface area contributed by atoms with Crippen LogP contribution in [0.4, 0.5) is 0 Å². The molecule has 0 atom stereocenters. The zero-order chi connectivity index (χ0) is 17.5. The highest BCUT2D eigenvalue weighted by atomic mass is 32.2. The Bertz CT molecular complexity index is 952. The first-order valence-electron chi connectivity index (χ1n) is 7.87. The van der Waals surface area contributed by atoms with Crippen LogP contribution in [-0.2, 0) is 12.0 Å². The summed E-state index contributed by atoms with van der Waals surface area (Å²) in [6, 6.07) is 5.88. The third-order valence-electron chi connectivity index (χ3n) is 3.86. The Morgan fingerprint density at radius 2 is 1.96 bits per heavy atom. The topological polar surface area (TPSA) is 65.6 Å². The van der Waals surface area contributed by atoms with E-state index in [9.17, 15) is 4.79 Å². The minimum absolute atomic E-state index is 0.0737. The SMILES string of the molecule is CCn1c(=O)c2cnc(SC)nc2n1-c1cccc(C(C)(C)C)n1. The zero-order valence-corrected chi connectivity index (χ0v) is 15.4. The van der Waals surface area contributed by atoms with E-state index in [1.807, 2.05) is 31.4 Å². The van der Waals surface area contributed by atoms with Crippen molar-refractivity contribution in [2.24, 2.45) is 0 Å². The first kappa shape index (κ1) is 16.7. The van der Waals surface area contributed by atoms with Crippen molar-refractivity contribution in [3.05, 3.63) is 40.4 Å². The quantitative estimate of drug-likeness (QED) is 0.540. The Labute approximate surface area is 144 Å². The van der Waals surface area contributed by atoms with Gasteiger partial charge in [0.2, 0.25) is 0 Å². The summed E-state index contributed by atoms with van der Waals surface area (Å²) in [6.45, 7) is 8.83. The number of thioether (sulfide) groups is 1. The second-order valence-corrected chi connectivity index (χ2v) is 7.33. The van der Waals surface area contributed by atoms with E-state index in [4.69, 9.17) is 4.98 Å². The highest BCUT2D eigenvalue weighted by Crippen LogP contribution is 2.22. The molecule has 3 heterocycles. The monoisotopic (exact) mass is 343 g/mol. The molecule has 0 fully saturated rings. The van der Waals surface area contributed by atoms with Crippen molar-refractivity contribution in [3.8, 4) is 5.82 Å². The lowest BCUT2D eigenvalue weighted by Crippen LogP contribution is -2.23. The van der Waals surface area contributed by atoms with Gasteiger partial charge < -0.3 is 0 Å². The fourth-order valence-electron chi connectivity index (χ4n) is 2.59. The largest absolute Gasteiger partial charge is 0.278 e. The maximum absolute atomic E-state index is 12.7. The number of fused-ring (bicyclic) bond motifs is 1. The normalized spacial score (nSPS) is 12.0. The van der Waals surface area contributed by atoms with Crippen LogP contribution in [0.2, 0.25) is 0 Å². The van der Waals surface area contributed by atoms with Crippen LogP contribution < -0.4 is 5.56 Å². The van der Waals surface area contributed by atoms with Crippen LogP contribution in [0.25, 0.3) is 16.9 Å². The maximum Gasteiger partial charge on any atom is 0.278 e. The van der Waals surface area contributed by atoms with Crippen molar-refractivity contribution in [1.29, 1.82) is 0 Å². The van der Waals surface area contributed by atoms with Gasteiger partial charge in [0.25, 0.3) is 5.56 Å². The molecule has 0 aromatic carbocycles. The molecule has 0 aliphatic rings. The van der Waals surface area contributed by atoms with E-state index < -0.39 is 0 Å². The summed E-state index contributed by atoms with van der Waals surface area (Å²) < 4.78 is 3.45. The molecule has 3 rings (SSSR count). The van der Waals surface area contributed by atoms with E-state index in [0.29, 0.717) is 28.6 Å². The number of rotatable bonds is 3. The molecule has 0 aliphatic heterocycles. The molecule has 0 radical (unpaired) electrons. The standard InChI is InChI=1S/C17H21N5OS/c1-6-21-15(23)11-10-18-16(24-5)20-14(11)22(21)13-9-7-8-12(19-13)17(2,3)4/h7-10H,6H2,1-5H3. The van der Waals surface area contributed by atoms with E-state index in [2.05, 4.69) is 30.7 Å². The Kier molecular flexibility index (Phi) is 4.21. The third-order valence-corrected chi connectivity index (χ3v) is 4.42. The number of aromatic nitrogens is 5. The summed E-state index contributed by atoms with van der Waals surface area (Å²) in [4.78, 5) is 26.2. The first-order chi connectivity index (χ1) is 11.4. The summed E-state index contributed by atoms with van der Waals surface area (Å²) in [5.41, 5.74) is 1.40. The molecule has 0 unspecified atom stereocenters. The van der Waals surface area contributed by atoms with Gasteiger partial charge >= 0.3 is 0 Å². The fourth-order valence-corrected chi connectivity index (χ4v) is 2.92. The smallest absolute Gasteiger partial charge is 0.267 e. The number of nitrogens with zero attached hydrogens (tertiary/aromatic N) is 5. The first-order valence-corrected chi connectivity index (χ1v) is 9.09. The average molecular weight is 343 g/mol. The molecular formula is C17H21N5OS. The molecule has 0 N–H and O–H groups in total. The van der Waals surface area contributed by atoms with E-state index in [-0.39, 0.29) is 11.0 Å². The second-order valence-electron chi connectivity index (χ2n) is 6.56. The second kappa shape index (κ2) is 6.05. The van der Waals surface area contributed by atoms with Crippen LogP contribution in [0.15, 0.2) is 34.3 Å². The minimum atomic E-state index is -0.0943. The van der Waals surface area contributed by atoms with Crippen molar-refractivity contribution in [2.45, 2.75) is 44.8 Å². The summed E-state index contributed by atoms with van der Waals surface area (Å²) in [7, 11) is 0. The van der Waals surface area contributed by atoms with Gasteiger partial charge in [0, 0.05) is 23.9 Å². The lowest BCUT2D eigenvalue weighted by molar-refractivity contribution is 0.545. The number of hydrogen-bond acceptors (Lipinski definition) is 5. The molecule has 3 aromatic rings. The van der Waals surface area contributed by atoms with E-state index in [1.165, 1.54) is 11.8 Å². The van der Waals surface area contributed by atoms with E-state index >= 15 is 0 Å². The maximum atomic E-state index is 12.7. The molecule has 0 spiro atoms. The van der Waals surface area contributed by atoms with Crippen molar-refractivity contribution >= 4 is 22.8 Å². The number of pyridine rings is 1. The molecule has 0 amide bonds. The Morgan fingerprint density at radius 3 is 2.58 bits per heavy atom. The van der Waals surface area contributed by atoms with Crippen LogP contribution in [0.5, 0.6) is 0 Å². The molecule has 6 nitrogen and oxygen atoms in total. The number of hydrogen-bond donors (Lipinski definition) is 0. The molecule has 0 bridgehead atoms. The van der Waals surface area contributed by atoms with Crippen molar-refractivity contribution in [2.75, 3.05) is 6.26 Å². The van der Waals surface area contributed by atoms with Gasteiger partial charge in [0.1, 0.15) is 5.39 Å². The van der Waals surface area contributed by atoms with Crippen LogP contribution in [0, 0.1) is 0 Å². The van der Waals surface area contributed by atoms with Crippen LogP contribution in [0.1, 0.15) is 33.4 Å². The lowest BCUT2D eigenvalue weighted by atomic mass is 9.92. The predicted molar refractivity (Wildman–Crippen MR) is 97.1 cm³/mol. The van der Waals surface area contributed by atoms with Gasteiger partial charge in [-0.3, -0.25) is 4.79 Å². The van der Waals surface area contributed by atoms with Crippen LogP contribution in [0.3, 0.4) is 0 Å². The predicted octanol–water partition coefficient (Wildman–Crippen LogP) is 3.02. The zero-order valence-electron chi connectivity index (χ0n) is 14.6. The molecule has 7 heteroatoms. The van der Waals surface area contributed by atoms with Crippen molar-refractivity contribution < 1.29 is 0 Å². The van der Waals surface area contributed by atoms with E-state index in [0.717, 1.165) is 5.69 Å². The fraction of sp³-hybridized carbons (Fsp3) is 0.412. The lowest BCUT2D eigenvalue weighted by Gasteiger charge is -2.19. The van der Waals surface area contributed by atoms with Gasteiger partial charge in [-0.05, 0) is 25.3 Å². The highest BCUT2D eigenvalue weighted by molar-refractivity contribution is 7.98. The Hall–Kier alpha value is -2.15. The summed E-state index contributed by atoms with van der Waals surface area (Å²) >= 11 is 1.45. The Morgan fingerprint density at radius 1 is 1.21 bits per heavy atom. The molecule has 0 aliphatic carbocycles. The molecule has 3 aromatic heterocycles. The summed E-state index contributed by atoms with van der Waals surface area (Å²) in [6.07, 6.45) is 3.52. The Balaban J connectivity index is 2.35. The summed E-state index contributed by atoms with van der Waals surface area (Å²) in [5, 5.41) is 1.15.